The van der Waals surface area contributed by atoms with E-state index in [0.29, 0.717) is 27.8 Å². The van der Waals surface area contributed by atoms with Crippen molar-refractivity contribution in [1.82, 2.24) is 4.98 Å². The summed E-state index contributed by atoms with van der Waals surface area (Å²) in [6, 6.07) is 7.50. The molecule has 1 aromatic carbocycles. The standard InChI is InChI=1S/C12H10ClFN2O/c1-17-12-10(15)4-5-11(16-12)8-3-2-7(14)6-9(8)13/h2-6H,15H2,1H3. The fourth-order valence-corrected chi connectivity index (χ4v) is 1.73. The number of halogens is 2. The maximum Gasteiger partial charge on any atom is 0.237 e. The van der Waals surface area contributed by atoms with Crippen molar-refractivity contribution in [3.8, 4) is 17.1 Å². The zero-order chi connectivity index (χ0) is 12.4. The van der Waals surface area contributed by atoms with Gasteiger partial charge in [0, 0.05) is 5.56 Å². The average molecular weight is 253 g/mol. The predicted molar refractivity (Wildman–Crippen MR) is 65.6 cm³/mol. The Bertz CT molecular complexity index is 560. The van der Waals surface area contributed by atoms with Gasteiger partial charge in [0.25, 0.3) is 0 Å². The molecule has 0 radical (unpaired) electrons. The summed E-state index contributed by atoms with van der Waals surface area (Å²) in [6.07, 6.45) is 0. The van der Waals surface area contributed by atoms with Crippen LogP contribution in [0, 0.1) is 5.82 Å². The Kier molecular flexibility index (Phi) is 3.15. The number of anilines is 1. The Morgan fingerprint density at radius 2 is 2.06 bits per heavy atom. The molecule has 0 fully saturated rings. The van der Waals surface area contributed by atoms with Crippen molar-refractivity contribution in [1.29, 1.82) is 0 Å². The quantitative estimate of drug-likeness (QED) is 0.893. The summed E-state index contributed by atoms with van der Waals surface area (Å²) in [5, 5.41) is 0.296. The normalized spacial score (nSPS) is 10.3. The summed E-state index contributed by atoms with van der Waals surface area (Å²) < 4.78 is 17.9. The lowest BCUT2D eigenvalue weighted by Crippen LogP contribution is -1.96. The first-order chi connectivity index (χ1) is 8.11. The number of nitrogen functional groups attached to an aromatic ring is 1. The molecule has 5 heteroatoms. The van der Waals surface area contributed by atoms with Gasteiger partial charge in [-0.1, -0.05) is 11.6 Å². The van der Waals surface area contributed by atoms with Gasteiger partial charge in [0.1, 0.15) is 5.82 Å². The maximum atomic E-state index is 12.9. The SMILES string of the molecule is COc1nc(-c2ccc(F)cc2Cl)ccc1N. The highest BCUT2D eigenvalue weighted by atomic mass is 35.5. The molecule has 0 amide bonds. The van der Waals surface area contributed by atoms with Crippen molar-refractivity contribution in [2.24, 2.45) is 0 Å². The van der Waals surface area contributed by atoms with E-state index in [9.17, 15) is 4.39 Å². The van der Waals surface area contributed by atoms with E-state index >= 15 is 0 Å². The molecule has 2 N–H and O–H groups in total. The minimum Gasteiger partial charge on any atom is -0.480 e. The average Bonchev–Trinajstić information content (AvgIpc) is 2.30. The number of hydrogen-bond acceptors (Lipinski definition) is 3. The molecular formula is C12H10ClFN2O. The molecule has 88 valence electrons. The number of ether oxygens (including phenoxy) is 1. The summed E-state index contributed by atoms with van der Waals surface area (Å²) in [5.41, 5.74) is 7.31. The van der Waals surface area contributed by atoms with Gasteiger partial charge >= 0.3 is 0 Å². The van der Waals surface area contributed by atoms with Crippen LogP contribution in [0.2, 0.25) is 5.02 Å². The molecule has 1 aromatic heterocycles. The monoisotopic (exact) mass is 252 g/mol. The number of nitrogens with zero attached hydrogens (tertiary/aromatic N) is 1. The molecule has 0 atom stereocenters. The minimum absolute atomic E-state index is 0.296. The molecule has 0 bridgehead atoms. The van der Waals surface area contributed by atoms with Crippen LogP contribution in [0.1, 0.15) is 0 Å². The second-order valence-electron chi connectivity index (χ2n) is 3.42. The van der Waals surface area contributed by atoms with E-state index in [2.05, 4.69) is 4.98 Å². The Morgan fingerprint density at radius 3 is 2.71 bits per heavy atom. The number of rotatable bonds is 2. The number of pyridine rings is 1. The second kappa shape index (κ2) is 4.59. The van der Waals surface area contributed by atoms with Gasteiger partial charge in [-0.05, 0) is 30.3 Å². The van der Waals surface area contributed by atoms with Crippen LogP contribution in [0.4, 0.5) is 10.1 Å². The zero-order valence-electron chi connectivity index (χ0n) is 9.08. The lowest BCUT2D eigenvalue weighted by atomic mass is 10.1. The molecule has 0 spiro atoms. The van der Waals surface area contributed by atoms with Crippen LogP contribution in [0.25, 0.3) is 11.3 Å². The number of benzene rings is 1. The smallest absolute Gasteiger partial charge is 0.237 e. The molecule has 1 heterocycles. The third kappa shape index (κ3) is 2.31. The summed E-state index contributed by atoms with van der Waals surface area (Å²) >= 11 is 5.95. The van der Waals surface area contributed by atoms with Gasteiger partial charge in [-0.15, -0.1) is 0 Å². The van der Waals surface area contributed by atoms with Crippen molar-refractivity contribution < 1.29 is 9.13 Å². The van der Waals surface area contributed by atoms with E-state index in [1.807, 2.05) is 0 Å². The summed E-state index contributed by atoms with van der Waals surface area (Å²) in [7, 11) is 1.48. The van der Waals surface area contributed by atoms with E-state index in [1.54, 1.807) is 18.2 Å². The Morgan fingerprint density at radius 1 is 1.29 bits per heavy atom. The van der Waals surface area contributed by atoms with Crippen molar-refractivity contribution in [3.63, 3.8) is 0 Å². The molecule has 0 unspecified atom stereocenters. The molecule has 0 aliphatic carbocycles. The van der Waals surface area contributed by atoms with Gasteiger partial charge in [0.2, 0.25) is 5.88 Å². The van der Waals surface area contributed by atoms with Gasteiger partial charge in [0.15, 0.2) is 0 Å². The van der Waals surface area contributed by atoms with E-state index in [-0.39, 0.29) is 5.82 Å². The minimum atomic E-state index is -0.388. The molecule has 17 heavy (non-hydrogen) atoms. The van der Waals surface area contributed by atoms with Crippen LogP contribution in [0.3, 0.4) is 0 Å². The largest absolute Gasteiger partial charge is 0.480 e. The van der Waals surface area contributed by atoms with Gasteiger partial charge < -0.3 is 10.5 Å². The molecule has 0 saturated carbocycles. The fourth-order valence-electron chi connectivity index (χ4n) is 1.46. The zero-order valence-corrected chi connectivity index (χ0v) is 9.83. The molecule has 3 nitrogen and oxygen atoms in total. The highest BCUT2D eigenvalue weighted by molar-refractivity contribution is 6.33. The molecular weight excluding hydrogens is 243 g/mol. The molecule has 0 saturated heterocycles. The summed E-state index contributed by atoms with van der Waals surface area (Å²) in [6.45, 7) is 0. The van der Waals surface area contributed by atoms with E-state index in [1.165, 1.54) is 19.2 Å². The van der Waals surface area contributed by atoms with Crippen LogP contribution in [0.15, 0.2) is 30.3 Å². The van der Waals surface area contributed by atoms with Gasteiger partial charge in [-0.2, -0.15) is 0 Å². The maximum absolute atomic E-state index is 12.9. The molecule has 2 aromatic rings. The summed E-state index contributed by atoms with van der Waals surface area (Å²) in [4.78, 5) is 4.20. The van der Waals surface area contributed by atoms with Gasteiger partial charge in [-0.3, -0.25) is 0 Å². The second-order valence-corrected chi connectivity index (χ2v) is 3.83. The first-order valence-corrected chi connectivity index (χ1v) is 5.25. The Labute approximate surface area is 103 Å². The lowest BCUT2D eigenvalue weighted by molar-refractivity contribution is 0.401. The third-order valence-corrected chi connectivity index (χ3v) is 2.60. The number of methoxy groups -OCH3 is 1. The first-order valence-electron chi connectivity index (χ1n) is 4.87. The first kappa shape index (κ1) is 11.7. The van der Waals surface area contributed by atoms with Crippen LogP contribution in [-0.2, 0) is 0 Å². The van der Waals surface area contributed by atoms with Crippen molar-refractivity contribution in [3.05, 3.63) is 41.2 Å². The Hall–Kier alpha value is -1.81. The Balaban J connectivity index is 2.53. The fraction of sp³-hybridized carbons (Fsp3) is 0.0833. The van der Waals surface area contributed by atoms with Crippen LogP contribution < -0.4 is 10.5 Å². The van der Waals surface area contributed by atoms with E-state index in [4.69, 9.17) is 22.1 Å². The highest BCUT2D eigenvalue weighted by Gasteiger charge is 2.09. The van der Waals surface area contributed by atoms with Crippen molar-refractivity contribution in [2.75, 3.05) is 12.8 Å². The van der Waals surface area contributed by atoms with Crippen LogP contribution in [-0.4, -0.2) is 12.1 Å². The predicted octanol–water partition coefficient (Wildman–Crippen LogP) is 3.13. The molecule has 2 rings (SSSR count). The van der Waals surface area contributed by atoms with Crippen LogP contribution in [0.5, 0.6) is 5.88 Å². The lowest BCUT2D eigenvalue weighted by Gasteiger charge is -2.07. The molecule has 0 aliphatic heterocycles. The van der Waals surface area contributed by atoms with Crippen LogP contribution >= 0.6 is 11.6 Å². The van der Waals surface area contributed by atoms with E-state index in [0.717, 1.165) is 0 Å². The topological polar surface area (TPSA) is 48.1 Å². The van der Waals surface area contributed by atoms with Crippen molar-refractivity contribution in [2.45, 2.75) is 0 Å². The summed E-state index contributed by atoms with van der Waals surface area (Å²) in [5.74, 6) is -0.0657. The number of nitrogens with two attached hydrogens (primary N) is 1. The molecule has 0 aliphatic rings. The highest BCUT2D eigenvalue weighted by Crippen LogP contribution is 2.30. The van der Waals surface area contributed by atoms with E-state index < -0.39 is 0 Å². The number of aromatic nitrogens is 1. The van der Waals surface area contributed by atoms with Gasteiger partial charge in [-0.25, -0.2) is 9.37 Å². The van der Waals surface area contributed by atoms with Gasteiger partial charge in [0.05, 0.1) is 23.5 Å². The number of hydrogen-bond donors (Lipinski definition) is 1. The van der Waals surface area contributed by atoms with Crippen molar-refractivity contribution >= 4 is 17.3 Å². The third-order valence-electron chi connectivity index (χ3n) is 2.29.